The third kappa shape index (κ3) is 2.75. The highest BCUT2D eigenvalue weighted by Crippen LogP contribution is 2.30. The number of methoxy groups -OCH3 is 1. The predicted molar refractivity (Wildman–Crippen MR) is 79.8 cm³/mol. The third-order valence-corrected chi connectivity index (χ3v) is 3.68. The van der Waals surface area contributed by atoms with Crippen molar-refractivity contribution in [1.29, 1.82) is 5.26 Å². The monoisotopic (exact) mass is 334 g/mol. The minimum absolute atomic E-state index is 0.163. The molecule has 3 nitrogen and oxygen atoms in total. The van der Waals surface area contributed by atoms with Crippen molar-refractivity contribution in [2.24, 2.45) is 0 Å². The standard InChI is InChI=1S/C15H12BrFN2O/c1-9-7-11(20-2)4-6-12(9)19-13-5-3-10(8-18)14(16)15(13)17/h3-7,19H,1-2H3. The molecule has 0 heterocycles. The average Bonchev–Trinajstić information content (AvgIpc) is 2.46. The maximum absolute atomic E-state index is 14.1. The van der Waals surface area contributed by atoms with Crippen LogP contribution in [0.4, 0.5) is 15.8 Å². The van der Waals surface area contributed by atoms with E-state index in [4.69, 9.17) is 10.00 Å². The van der Waals surface area contributed by atoms with Crippen LogP contribution < -0.4 is 10.1 Å². The molecule has 0 spiro atoms. The van der Waals surface area contributed by atoms with E-state index in [1.54, 1.807) is 25.3 Å². The van der Waals surface area contributed by atoms with Crippen molar-refractivity contribution in [2.45, 2.75) is 6.92 Å². The second kappa shape index (κ2) is 5.93. The lowest BCUT2D eigenvalue weighted by molar-refractivity contribution is 0.414. The minimum atomic E-state index is -0.487. The van der Waals surface area contributed by atoms with E-state index >= 15 is 0 Å². The van der Waals surface area contributed by atoms with Gasteiger partial charge in [-0.25, -0.2) is 4.39 Å². The largest absolute Gasteiger partial charge is 0.497 e. The molecule has 2 rings (SSSR count). The average molecular weight is 335 g/mol. The van der Waals surface area contributed by atoms with Gasteiger partial charge in [-0.15, -0.1) is 0 Å². The second-order valence-corrected chi connectivity index (χ2v) is 5.00. The van der Waals surface area contributed by atoms with Crippen LogP contribution in [0.5, 0.6) is 5.75 Å². The van der Waals surface area contributed by atoms with Crippen LogP contribution in [-0.4, -0.2) is 7.11 Å². The molecule has 0 aromatic heterocycles. The fraction of sp³-hybridized carbons (Fsp3) is 0.133. The minimum Gasteiger partial charge on any atom is -0.497 e. The molecule has 1 N–H and O–H groups in total. The SMILES string of the molecule is COc1ccc(Nc2ccc(C#N)c(Br)c2F)c(C)c1. The van der Waals surface area contributed by atoms with Crippen LogP contribution in [0.1, 0.15) is 11.1 Å². The summed E-state index contributed by atoms with van der Waals surface area (Å²) in [4.78, 5) is 0. The lowest BCUT2D eigenvalue weighted by atomic mass is 10.1. The van der Waals surface area contributed by atoms with E-state index in [0.717, 1.165) is 17.0 Å². The van der Waals surface area contributed by atoms with Crippen molar-refractivity contribution in [1.82, 2.24) is 0 Å². The summed E-state index contributed by atoms with van der Waals surface area (Å²) in [6.07, 6.45) is 0. The molecule has 0 atom stereocenters. The quantitative estimate of drug-likeness (QED) is 0.897. The highest BCUT2D eigenvalue weighted by molar-refractivity contribution is 9.10. The molecule has 2 aromatic carbocycles. The van der Waals surface area contributed by atoms with Gasteiger partial charge in [0.15, 0.2) is 5.82 Å². The van der Waals surface area contributed by atoms with Gasteiger partial charge in [0.2, 0.25) is 0 Å². The van der Waals surface area contributed by atoms with E-state index in [0.29, 0.717) is 5.69 Å². The summed E-state index contributed by atoms with van der Waals surface area (Å²) in [5.41, 5.74) is 2.29. The Labute approximate surface area is 125 Å². The lowest BCUT2D eigenvalue weighted by Crippen LogP contribution is -1.98. The molecule has 0 radical (unpaired) electrons. The molecule has 5 heteroatoms. The number of hydrogen-bond acceptors (Lipinski definition) is 3. The number of hydrogen-bond donors (Lipinski definition) is 1. The van der Waals surface area contributed by atoms with Crippen LogP contribution in [0.15, 0.2) is 34.8 Å². The first-order chi connectivity index (χ1) is 9.56. The summed E-state index contributed by atoms with van der Waals surface area (Å²) in [7, 11) is 1.60. The van der Waals surface area contributed by atoms with E-state index in [1.807, 2.05) is 25.1 Å². The Morgan fingerprint density at radius 1 is 1.25 bits per heavy atom. The molecule has 0 aliphatic carbocycles. The number of halogens is 2. The van der Waals surface area contributed by atoms with Crippen molar-refractivity contribution in [3.05, 3.63) is 51.7 Å². The first kappa shape index (κ1) is 14.4. The summed E-state index contributed by atoms with van der Waals surface area (Å²) < 4.78 is 19.4. The molecule has 0 amide bonds. The number of ether oxygens (including phenoxy) is 1. The fourth-order valence-corrected chi connectivity index (χ4v) is 2.22. The fourth-order valence-electron chi connectivity index (χ4n) is 1.78. The van der Waals surface area contributed by atoms with E-state index in [2.05, 4.69) is 21.2 Å². The van der Waals surface area contributed by atoms with Crippen molar-refractivity contribution >= 4 is 27.3 Å². The summed E-state index contributed by atoms with van der Waals surface area (Å²) in [6.45, 7) is 1.90. The molecule has 102 valence electrons. The first-order valence-corrected chi connectivity index (χ1v) is 6.66. The van der Waals surface area contributed by atoms with E-state index < -0.39 is 5.82 Å². The zero-order valence-corrected chi connectivity index (χ0v) is 12.6. The van der Waals surface area contributed by atoms with Gasteiger partial charge in [0.1, 0.15) is 11.8 Å². The van der Waals surface area contributed by atoms with Crippen LogP contribution in [0.3, 0.4) is 0 Å². The maximum Gasteiger partial charge on any atom is 0.162 e. The first-order valence-electron chi connectivity index (χ1n) is 5.86. The molecular weight excluding hydrogens is 323 g/mol. The summed E-state index contributed by atoms with van der Waals surface area (Å²) in [5.74, 6) is 0.258. The van der Waals surface area contributed by atoms with Gasteiger partial charge in [0.05, 0.1) is 22.8 Å². The van der Waals surface area contributed by atoms with Crippen LogP contribution in [0, 0.1) is 24.1 Å². The van der Waals surface area contributed by atoms with Gasteiger partial charge in [-0.05, 0) is 58.7 Å². The molecule has 0 aliphatic heterocycles. The Morgan fingerprint density at radius 3 is 2.55 bits per heavy atom. The second-order valence-electron chi connectivity index (χ2n) is 4.21. The maximum atomic E-state index is 14.1. The number of benzene rings is 2. The Kier molecular flexibility index (Phi) is 4.26. The smallest absolute Gasteiger partial charge is 0.162 e. The van der Waals surface area contributed by atoms with E-state index in [9.17, 15) is 4.39 Å². The molecule has 0 unspecified atom stereocenters. The van der Waals surface area contributed by atoms with E-state index in [1.165, 1.54) is 0 Å². The van der Waals surface area contributed by atoms with Gasteiger partial charge in [0, 0.05) is 5.69 Å². The van der Waals surface area contributed by atoms with Gasteiger partial charge in [-0.1, -0.05) is 0 Å². The lowest BCUT2D eigenvalue weighted by Gasteiger charge is -2.12. The Balaban J connectivity index is 2.36. The Bertz CT molecular complexity index is 695. The predicted octanol–water partition coefficient (Wildman–Crippen LogP) is 4.52. The normalized spacial score (nSPS) is 9.95. The molecule has 0 saturated carbocycles. The molecule has 0 aliphatic rings. The molecule has 0 fully saturated rings. The van der Waals surface area contributed by atoms with Crippen molar-refractivity contribution < 1.29 is 9.13 Å². The number of aryl methyl sites for hydroxylation is 1. The van der Waals surface area contributed by atoms with E-state index in [-0.39, 0.29) is 10.0 Å². The highest BCUT2D eigenvalue weighted by Gasteiger charge is 2.12. The number of nitrogens with zero attached hydrogens (tertiary/aromatic N) is 1. The number of nitrogens with one attached hydrogen (secondary N) is 1. The van der Waals surface area contributed by atoms with Gasteiger partial charge in [0.25, 0.3) is 0 Å². The summed E-state index contributed by atoms with van der Waals surface area (Å²) >= 11 is 3.09. The number of anilines is 2. The van der Waals surface area contributed by atoms with Crippen molar-refractivity contribution in [3.63, 3.8) is 0 Å². The Morgan fingerprint density at radius 2 is 1.95 bits per heavy atom. The van der Waals surface area contributed by atoms with Gasteiger partial charge in [-0.2, -0.15) is 5.26 Å². The van der Waals surface area contributed by atoms with Gasteiger partial charge >= 0.3 is 0 Å². The van der Waals surface area contributed by atoms with Crippen molar-refractivity contribution in [2.75, 3.05) is 12.4 Å². The van der Waals surface area contributed by atoms with Gasteiger partial charge < -0.3 is 10.1 Å². The highest BCUT2D eigenvalue weighted by atomic mass is 79.9. The van der Waals surface area contributed by atoms with Gasteiger partial charge in [-0.3, -0.25) is 0 Å². The molecular formula is C15H12BrFN2O. The number of rotatable bonds is 3. The van der Waals surface area contributed by atoms with Crippen LogP contribution >= 0.6 is 15.9 Å². The zero-order valence-electron chi connectivity index (χ0n) is 11.0. The molecule has 0 bridgehead atoms. The topological polar surface area (TPSA) is 45.0 Å². The molecule has 20 heavy (non-hydrogen) atoms. The number of nitriles is 1. The molecule has 0 saturated heterocycles. The van der Waals surface area contributed by atoms with Crippen LogP contribution in [0.25, 0.3) is 0 Å². The zero-order chi connectivity index (χ0) is 14.7. The third-order valence-electron chi connectivity index (χ3n) is 2.91. The summed E-state index contributed by atoms with van der Waals surface area (Å²) in [5, 5.41) is 11.9. The van der Waals surface area contributed by atoms with Crippen molar-refractivity contribution in [3.8, 4) is 11.8 Å². The summed E-state index contributed by atoms with van der Waals surface area (Å²) in [6, 6.07) is 10.5. The van der Waals surface area contributed by atoms with Crippen LogP contribution in [0.2, 0.25) is 0 Å². The molecule has 2 aromatic rings. The Hall–Kier alpha value is -2.06. The van der Waals surface area contributed by atoms with Crippen LogP contribution in [-0.2, 0) is 0 Å².